The second-order valence-electron chi connectivity index (χ2n) is 16.1. The largest absolute Gasteiger partial charge is 0.481 e. The molecule has 0 aromatic carbocycles. The van der Waals surface area contributed by atoms with Gasteiger partial charge in [0.2, 0.25) is 0 Å². The van der Waals surface area contributed by atoms with Crippen LogP contribution >= 0.6 is 0 Å². The lowest BCUT2D eigenvalue weighted by molar-refractivity contribution is -0.376. The number of carbonyl (C=O) groups is 2. The molecule has 59 heavy (non-hydrogen) atoms. The summed E-state index contributed by atoms with van der Waals surface area (Å²) in [5, 5.41) is 112. The van der Waals surface area contributed by atoms with Crippen molar-refractivity contribution < 1.29 is 98.9 Å². The second-order valence-corrected chi connectivity index (χ2v) is 16.1. The summed E-state index contributed by atoms with van der Waals surface area (Å²) in [6, 6.07) is 0. The first-order valence-electron chi connectivity index (χ1n) is 20.8. The maximum absolute atomic E-state index is 11.7. The molecule has 4 heterocycles. The number of hydrogen-bond donors (Lipinski definition) is 11. The van der Waals surface area contributed by atoms with E-state index in [2.05, 4.69) is 6.58 Å². The zero-order chi connectivity index (χ0) is 43.4. The number of carboxylic acid groups (broad SMARTS) is 1. The molecule has 0 bridgehead atoms. The summed E-state index contributed by atoms with van der Waals surface area (Å²) in [5.41, 5.74) is 0.00884. The molecule has 4 aliphatic rings. The number of aliphatic hydroxyl groups is 10. The number of carboxylic acids is 1. The van der Waals surface area contributed by atoms with E-state index in [1.807, 2.05) is 0 Å². The Kier molecular flexibility index (Phi) is 20.2. The Morgan fingerprint density at radius 3 is 1.64 bits per heavy atom. The minimum absolute atomic E-state index is 0.00884. The number of carbonyl (C=O) groups excluding carboxylic acids is 1. The Bertz CT molecular complexity index is 1280. The van der Waals surface area contributed by atoms with Gasteiger partial charge in [0.15, 0.2) is 18.9 Å². The van der Waals surface area contributed by atoms with Crippen molar-refractivity contribution >= 4 is 11.9 Å². The van der Waals surface area contributed by atoms with Crippen LogP contribution in [0, 0.1) is 5.92 Å². The lowest BCUT2D eigenvalue weighted by atomic mass is 9.93. The highest BCUT2D eigenvalue weighted by molar-refractivity contribution is 5.97. The molecule has 4 rings (SSSR count). The van der Waals surface area contributed by atoms with Crippen molar-refractivity contribution in [3.8, 4) is 0 Å². The van der Waals surface area contributed by atoms with Crippen molar-refractivity contribution in [2.75, 3.05) is 19.8 Å². The van der Waals surface area contributed by atoms with Crippen LogP contribution in [0.2, 0.25) is 0 Å². The van der Waals surface area contributed by atoms with Gasteiger partial charge in [0, 0.05) is 5.57 Å². The van der Waals surface area contributed by atoms with Crippen molar-refractivity contribution in [1.82, 2.24) is 0 Å². The number of rotatable bonds is 24. The maximum Gasteiger partial charge on any atom is 0.334 e. The van der Waals surface area contributed by atoms with Gasteiger partial charge in [-0.2, -0.15) is 0 Å². The van der Waals surface area contributed by atoms with Crippen molar-refractivity contribution in [1.29, 1.82) is 0 Å². The summed E-state index contributed by atoms with van der Waals surface area (Å²) in [5.74, 6) is -2.68. The first kappa shape index (κ1) is 49.7. The number of cyclic esters (lactones) is 1. The first-order chi connectivity index (χ1) is 28.1. The van der Waals surface area contributed by atoms with E-state index in [9.17, 15) is 65.8 Å². The Labute approximate surface area is 343 Å². The summed E-state index contributed by atoms with van der Waals surface area (Å²) in [4.78, 5) is 23.1. The Morgan fingerprint density at radius 2 is 1.10 bits per heavy atom. The van der Waals surface area contributed by atoms with E-state index in [-0.39, 0.29) is 5.57 Å². The van der Waals surface area contributed by atoms with Gasteiger partial charge < -0.3 is 89.3 Å². The second kappa shape index (κ2) is 24.0. The van der Waals surface area contributed by atoms with Gasteiger partial charge in [-0.1, -0.05) is 70.8 Å². The number of aliphatic carboxylic acids is 1. The van der Waals surface area contributed by atoms with Crippen LogP contribution in [0.25, 0.3) is 0 Å². The van der Waals surface area contributed by atoms with Crippen LogP contribution < -0.4 is 0 Å². The van der Waals surface area contributed by atoms with E-state index in [4.69, 9.17) is 33.2 Å². The summed E-state index contributed by atoms with van der Waals surface area (Å²) in [6.45, 7) is 3.36. The van der Waals surface area contributed by atoms with Crippen molar-refractivity contribution in [3.63, 3.8) is 0 Å². The van der Waals surface area contributed by atoms with Gasteiger partial charge in [0.25, 0.3) is 0 Å². The summed E-state index contributed by atoms with van der Waals surface area (Å²) >= 11 is 0. The molecule has 4 aliphatic heterocycles. The van der Waals surface area contributed by atoms with E-state index >= 15 is 0 Å². The van der Waals surface area contributed by atoms with Crippen LogP contribution in [0.1, 0.15) is 90.4 Å². The minimum Gasteiger partial charge on any atom is -0.481 e. The highest BCUT2D eigenvalue weighted by atomic mass is 16.8. The monoisotopic (exact) mass is 854 g/mol. The van der Waals surface area contributed by atoms with Gasteiger partial charge in [0.05, 0.1) is 25.9 Å². The molecule has 0 radical (unpaired) electrons. The number of aliphatic hydroxyl groups excluding tert-OH is 10. The van der Waals surface area contributed by atoms with Gasteiger partial charge in [-0.3, -0.25) is 4.79 Å². The molecule has 20 nitrogen and oxygen atoms in total. The molecule has 0 unspecified atom stereocenters. The Morgan fingerprint density at radius 1 is 0.627 bits per heavy atom. The molecule has 0 aromatic rings. The molecular formula is C39H66O20. The van der Waals surface area contributed by atoms with E-state index in [1.54, 1.807) is 6.92 Å². The van der Waals surface area contributed by atoms with Crippen LogP contribution in [0.4, 0.5) is 0 Å². The highest BCUT2D eigenvalue weighted by Gasteiger charge is 2.52. The molecule has 20 heteroatoms. The van der Waals surface area contributed by atoms with E-state index in [0.29, 0.717) is 12.8 Å². The number of hydrogen-bond acceptors (Lipinski definition) is 19. The average molecular weight is 855 g/mol. The SMILES string of the molecule is C=C1C(=O)O[C@@H](CCCCCCCCCCCCC[C@@H](C)O[C@@H]2O[C@H](CO[C@@H]3O[C@H](CO)[C@@H](O)[C@H](O)[C@H]3O)[C@@H](O)[C@H](O)[C@H]2O[C@@H]2O[C@H](CO)[C@@H](O)[C@H](O)[C@H]2O)[C@H]1C(=O)O. The summed E-state index contributed by atoms with van der Waals surface area (Å²) < 4.78 is 39.5. The van der Waals surface area contributed by atoms with Crippen LogP contribution in [0.3, 0.4) is 0 Å². The maximum atomic E-state index is 11.7. The molecule has 342 valence electrons. The molecule has 11 N–H and O–H groups in total. The molecule has 0 saturated carbocycles. The quantitative estimate of drug-likeness (QED) is 0.0287. The molecule has 0 spiro atoms. The van der Waals surface area contributed by atoms with Gasteiger partial charge in [-0.05, 0) is 26.2 Å². The molecule has 18 atom stereocenters. The van der Waals surface area contributed by atoms with E-state index in [1.165, 1.54) is 0 Å². The number of unbranched alkanes of at least 4 members (excludes halogenated alkanes) is 10. The average Bonchev–Trinajstić information content (AvgIpc) is 3.50. The van der Waals surface area contributed by atoms with Gasteiger partial charge in [-0.15, -0.1) is 0 Å². The highest BCUT2D eigenvalue weighted by Crippen LogP contribution is 2.33. The molecule has 0 amide bonds. The first-order valence-corrected chi connectivity index (χ1v) is 20.8. The van der Waals surface area contributed by atoms with Crippen LogP contribution in [-0.4, -0.2) is 192 Å². The number of ether oxygens (including phenoxy) is 7. The van der Waals surface area contributed by atoms with Crippen molar-refractivity contribution in [3.05, 3.63) is 12.2 Å². The molecule has 4 saturated heterocycles. The fraction of sp³-hybridized carbons (Fsp3) is 0.897. The molecular weight excluding hydrogens is 788 g/mol. The third-order valence-corrected chi connectivity index (χ3v) is 11.6. The minimum atomic E-state index is -1.82. The molecule has 0 aromatic heterocycles. The van der Waals surface area contributed by atoms with Gasteiger partial charge in [0.1, 0.15) is 85.3 Å². The summed E-state index contributed by atoms with van der Waals surface area (Å²) in [7, 11) is 0. The smallest absolute Gasteiger partial charge is 0.334 e. The van der Waals surface area contributed by atoms with Crippen molar-refractivity contribution in [2.24, 2.45) is 5.92 Å². The van der Waals surface area contributed by atoms with Crippen LogP contribution in [-0.2, 0) is 42.7 Å². The fourth-order valence-corrected chi connectivity index (χ4v) is 7.86. The zero-order valence-corrected chi connectivity index (χ0v) is 33.5. The topological polar surface area (TPSA) is 321 Å². The fourth-order valence-electron chi connectivity index (χ4n) is 7.86. The molecule has 0 aliphatic carbocycles. The Hall–Kier alpha value is -1.96. The van der Waals surface area contributed by atoms with Gasteiger partial charge >= 0.3 is 11.9 Å². The summed E-state index contributed by atoms with van der Waals surface area (Å²) in [6.07, 6.45) is -13.3. The standard InChI is InChI=1S/C39H66O20/c1-19(14-12-10-8-6-4-3-5-7-9-11-13-15-21-25(35(50)51)20(2)36(52)55-21)54-39-34(59-38-33(49)30(46)27(43)23(17-41)57-38)31(47)28(44)24(58-39)18-53-37-32(48)29(45)26(42)22(16-40)56-37/h19,21-34,37-49H,2-18H2,1H3,(H,50,51)/t19-,21+,22-,23-,24-,25+,26-,27-,28-,29+,30+,31+,32-,33-,34-,37-,38+,39-/m1/s1. The normalized spacial score (nSPS) is 39.6. The van der Waals surface area contributed by atoms with Crippen molar-refractivity contribution in [2.45, 2.75) is 195 Å². The third-order valence-electron chi connectivity index (χ3n) is 11.6. The number of esters is 1. The van der Waals surface area contributed by atoms with Gasteiger partial charge in [-0.25, -0.2) is 4.79 Å². The lowest BCUT2D eigenvalue weighted by Gasteiger charge is -2.47. The Balaban J connectivity index is 1.20. The van der Waals surface area contributed by atoms with E-state index < -0.39 is 142 Å². The molecule has 4 fully saturated rings. The predicted octanol–water partition coefficient (Wildman–Crippen LogP) is -1.91. The van der Waals surface area contributed by atoms with E-state index in [0.717, 1.165) is 70.6 Å². The van der Waals surface area contributed by atoms with Crippen LogP contribution in [0.5, 0.6) is 0 Å². The lowest BCUT2D eigenvalue weighted by Crippen LogP contribution is -2.65. The predicted molar refractivity (Wildman–Crippen MR) is 200 cm³/mol. The van der Waals surface area contributed by atoms with Crippen LogP contribution in [0.15, 0.2) is 12.2 Å². The zero-order valence-electron chi connectivity index (χ0n) is 33.5. The third kappa shape index (κ3) is 13.3.